The number of esters is 11. The number of rotatable bonds is 20. The van der Waals surface area contributed by atoms with Gasteiger partial charge in [0, 0.05) is 81.7 Å². The molecule has 1 aromatic carbocycles. The minimum Gasteiger partial charge on any atom is -0.463 e. The third-order valence-electron chi connectivity index (χ3n) is 10.5. The van der Waals surface area contributed by atoms with Crippen LogP contribution in [0.4, 0.5) is 0 Å². The molecule has 0 radical (unpaired) electrons. The maximum absolute atomic E-state index is 12.6. The predicted molar refractivity (Wildman–Crippen MR) is 245 cm³/mol. The molecular formula is C49H60O28. The fourth-order valence-corrected chi connectivity index (χ4v) is 7.93. The smallest absolute Gasteiger partial charge is 0.303 e. The fourth-order valence-electron chi connectivity index (χ4n) is 7.93. The Morgan fingerprint density at radius 1 is 0.364 bits per heavy atom. The molecule has 4 rings (SSSR count). The van der Waals surface area contributed by atoms with E-state index in [9.17, 15) is 52.7 Å². The molecule has 3 aliphatic heterocycles. The lowest BCUT2D eigenvalue weighted by Gasteiger charge is -2.46. The zero-order valence-electron chi connectivity index (χ0n) is 43.7. The summed E-state index contributed by atoms with van der Waals surface area (Å²) in [6.07, 6.45) is -23.3. The molecule has 0 amide bonds. The van der Waals surface area contributed by atoms with Crippen LogP contribution >= 0.6 is 0 Å². The monoisotopic (exact) mass is 1100 g/mol. The molecule has 28 heteroatoms. The Labute approximate surface area is 440 Å². The first kappa shape index (κ1) is 62.1. The first-order valence-electron chi connectivity index (χ1n) is 23.5. The molecule has 424 valence electrons. The van der Waals surface area contributed by atoms with Crippen molar-refractivity contribution in [2.45, 2.75) is 168 Å². The van der Waals surface area contributed by atoms with Crippen molar-refractivity contribution in [2.24, 2.45) is 0 Å². The van der Waals surface area contributed by atoms with Crippen LogP contribution in [-0.4, -0.2) is 184 Å². The second-order valence-corrected chi connectivity index (χ2v) is 17.0. The van der Waals surface area contributed by atoms with Gasteiger partial charge in [0.05, 0.1) is 6.61 Å². The van der Waals surface area contributed by atoms with Crippen LogP contribution in [0.2, 0.25) is 0 Å². The second kappa shape index (κ2) is 29.2. The van der Waals surface area contributed by atoms with Gasteiger partial charge in [-0.05, 0) is 24.3 Å². The van der Waals surface area contributed by atoms with Crippen LogP contribution in [0.25, 0.3) is 0 Å². The average molecular weight is 1100 g/mol. The van der Waals surface area contributed by atoms with Crippen molar-refractivity contribution in [2.75, 3.05) is 26.4 Å². The number of hydrogen-bond donors (Lipinski definition) is 0. The number of ether oxygens (including phenoxy) is 17. The second-order valence-electron chi connectivity index (χ2n) is 17.0. The van der Waals surface area contributed by atoms with Gasteiger partial charge in [-0.2, -0.15) is 0 Å². The summed E-state index contributed by atoms with van der Waals surface area (Å²) in [5.74, 6) is -3.77. The fraction of sp³-hybridized carbons (Fsp3) is 0.612. The van der Waals surface area contributed by atoms with E-state index >= 15 is 0 Å². The Morgan fingerprint density at radius 3 is 1.01 bits per heavy atom. The number of benzene rings is 1. The van der Waals surface area contributed by atoms with Crippen molar-refractivity contribution in [1.29, 1.82) is 0 Å². The third-order valence-corrected chi connectivity index (χ3v) is 10.5. The molecule has 0 N–H and O–H groups in total. The van der Waals surface area contributed by atoms with E-state index in [0.717, 1.165) is 76.2 Å². The highest BCUT2D eigenvalue weighted by molar-refractivity contribution is 5.71. The van der Waals surface area contributed by atoms with Crippen molar-refractivity contribution >= 4 is 65.7 Å². The maximum Gasteiger partial charge on any atom is 0.303 e. The van der Waals surface area contributed by atoms with Gasteiger partial charge in [-0.3, -0.25) is 52.7 Å². The van der Waals surface area contributed by atoms with Crippen molar-refractivity contribution in [3.63, 3.8) is 0 Å². The van der Waals surface area contributed by atoms with Gasteiger partial charge < -0.3 is 80.5 Å². The van der Waals surface area contributed by atoms with Crippen LogP contribution in [0.5, 0.6) is 5.75 Å². The molecule has 28 nitrogen and oxygen atoms in total. The molecule has 15 atom stereocenters. The summed E-state index contributed by atoms with van der Waals surface area (Å²) in [4.78, 5) is 135. The first-order chi connectivity index (χ1) is 36.2. The van der Waals surface area contributed by atoms with Gasteiger partial charge in [0.25, 0.3) is 0 Å². The topological polar surface area (TPSA) is 345 Å². The molecule has 77 heavy (non-hydrogen) atoms. The molecule has 3 saturated heterocycles. The molecule has 0 unspecified atom stereocenters. The zero-order chi connectivity index (χ0) is 57.3. The maximum atomic E-state index is 12.6. The third kappa shape index (κ3) is 19.6. The molecular weight excluding hydrogens is 1040 g/mol. The Kier molecular flexibility index (Phi) is 23.5. The van der Waals surface area contributed by atoms with Gasteiger partial charge in [0.15, 0.2) is 61.4 Å². The summed E-state index contributed by atoms with van der Waals surface area (Å²) >= 11 is 0. The number of carbonyl (C=O) groups is 11. The van der Waals surface area contributed by atoms with Crippen molar-refractivity contribution in [3.8, 4) is 17.6 Å². The molecule has 3 heterocycles. The summed E-state index contributed by atoms with van der Waals surface area (Å²) in [7, 11) is 0. The van der Waals surface area contributed by atoms with E-state index < -0.39 is 184 Å². The molecule has 3 fully saturated rings. The van der Waals surface area contributed by atoms with Crippen LogP contribution in [0.15, 0.2) is 24.3 Å². The lowest BCUT2D eigenvalue weighted by Crippen LogP contribution is -2.65. The van der Waals surface area contributed by atoms with Crippen LogP contribution in [0, 0.1) is 11.8 Å². The average Bonchev–Trinajstić information content (AvgIpc) is 3.30. The quantitative estimate of drug-likeness (QED) is 0.0952. The molecule has 0 bridgehead atoms. The van der Waals surface area contributed by atoms with E-state index in [1.807, 2.05) is 0 Å². The highest BCUT2D eigenvalue weighted by Crippen LogP contribution is 2.35. The lowest BCUT2D eigenvalue weighted by atomic mass is 9.97. The molecule has 0 saturated carbocycles. The molecule has 3 aliphatic rings. The lowest BCUT2D eigenvalue weighted by molar-refractivity contribution is -0.333. The largest absolute Gasteiger partial charge is 0.463 e. The van der Waals surface area contributed by atoms with E-state index in [-0.39, 0.29) is 5.75 Å². The van der Waals surface area contributed by atoms with Crippen LogP contribution in [0.1, 0.15) is 81.7 Å². The van der Waals surface area contributed by atoms with E-state index in [2.05, 4.69) is 11.8 Å². The first-order valence-corrected chi connectivity index (χ1v) is 23.5. The summed E-state index contributed by atoms with van der Waals surface area (Å²) in [6.45, 7) is 9.32. The van der Waals surface area contributed by atoms with Gasteiger partial charge in [-0.25, -0.2) is 0 Å². The zero-order valence-corrected chi connectivity index (χ0v) is 43.7. The predicted octanol–water partition coefficient (Wildman–Crippen LogP) is 0.136. The van der Waals surface area contributed by atoms with Crippen molar-refractivity contribution in [3.05, 3.63) is 29.8 Å². The molecule has 0 aliphatic carbocycles. The van der Waals surface area contributed by atoms with Crippen LogP contribution in [0.3, 0.4) is 0 Å². The number of hydrogen-bond acceptors (Lipinski definition) is 28. The SMILES string of the molecule is CC(=O)OC[C@H]1O[C@H](OC[C@H]2O[C@@H](OCC#Cc3ccc(O[C@H]4O[C@H](COC(C)=O)[C@@H](OC(C)=O)[C@H](OC(C)=O)[C@@H]4OC(C)=O)cc3)[C@H](OC(C)=O)[C@@H](OC(C)=O)[C@@H]2OC(C)=O)[C@H](OC(C)=O)[C@@H](OC(C)=O)[C@H]1OC(C)=O. The van der Waals surface area contributed by atoms with Crippen LogP contribution in [-0.2, 0) is 129 Å². The van der Waals surface area contributed by atoms with Gasteiger partial charge in [-0.1, -0.05) is 11.8 Å². The minimum atomic E-state index is -1.75. The van der Waals surface area contributed by atoms with E-state index in [4.69, 9.17) is 80.5 Å². The molecule has 1 aromatic rings. The van der Waals surface area contributed by atoms with E-state index in [1.165, 1.54) is 24.3 Å². The van der Waals surface area contributed by atoms with Gasteiger partial charge in [0.2, 0.25) is 12.4 Å². The molecule has 0 aromatic heterocycles. The van der Waals surface area contributed by atoms with Gasteiger partial charge in [0.1, 0.15) is 43.9 Å². The van der Waals surface area contributed by atoms with Gasteiger partial charge >= 0.3 is 65.7 Å². The minimum absolute atomic E-state index is 0.100. The summed E-state index contributed by atoms with van der Waals surface area (Å²) < 4.78 is 95.7. The molecule has 0 spiro atoms. The van der Waals surface area contributed by atoms with Crippen LogP contribution < -0.4 is 4.74 Å². The normalized spacial score (nSPS) is 28.4. The highest BCUT2D eigenvalue weighted by atomic mass is 16.8. The van der Waals surface area contributed by atoms with Crippen molar-refractivity contribution in [1.82, 2.24) is 0 Å². The van der Waals surface area contributed by atoms with E-state index in [1.54, 1.807) is 0 Å². The van der Waals surface area contributed by atoms with E-state index in [0.29, 0.717) is 5.56 Å². The summed E-state index contributed by atoms with van der Waals surface area (Å²) in [5.41, 5.74) is 0.354. The standard InChI is InChI=1S/C49H60O28/c1-22(50)62-19-35-38(65-24(3)52)42(69-28(7)56)45(72-31(10)59)48(76-35)64-21-37-40(67-26(5)54)41(68-27(6)55)44(71-30(9)58)47(75-37)61-18-12-13-33-14-16-34(17-15-33)74-49-46(73-32(11)60)43(70-29(8)57)39(66-25(4)53)36(77-49)20-63-23(2)51/h14-17,35-49H,18-21H2,1-11H3/t35-,36-,37-,38+,39-,40-,41+,42+,43+,44-,45-,46+,47-,48+,49+/m1/s1. The summed E-state index contributed by atoms with van der Waals surface area (Å²) in [6, 6.07) is 5.87. The Hall–Kier alpha value is -7.45. The van der Waals surface area contributed by atoms with Gasteiger partial charge in [-0.15, -0.1) is 0 Å². The Bertz CT molecular complexity index is 2370. The number of carbonyl (C=O) groups excluding carboxylic acids is 11. The Morgan fingerprint density at radius 2 is 0.662 bits per heavy atom. The Balaban J connectivity index is 1.63. The van der Waals surface area contributed by atoms with Crippen molar-refractivity contribution < 1.29 is 133 Å². The highest BCUT2D eigenvalue weighted by Gasteiger charge is 2.57. The summed E-state index contributed by atoms with van der Waals surface area (Å²) in [5, 5.41) is 0.